The molecule has 5 nitrogen and oxygen atoms in total. The molecule has 0 saturated carbocycles. The molecule has 0 aliphatic rings. The highest BCUT2D eigenvalue weighted by atomic mass is 16.5. The summed E-state index contributed by atoms with van der Waals surface area (Å²) in [6.45, 7) is 0.149. The summed E-state index contributed by atoms with van der Waals surface area (Å²) in [5.41, 5.74) is 6.27. The van der Waals surface area contributed by atoms with Crippen LogP contribution in [0.5, 0.6) is 11.5 Å². The third-order valence-corrected chi connectivity index (χ3v) is 2.53. The smallest absolute Gasteiger partial charge is 0.314 e. The van der Waals surface area contributed by atoms with Crippen LogP contribution < -0.4 is 15.2 Å². The molecule has 0 radical (unpaired) electrons. The van der Waals surface area contributed by atoms with Gasteiger partial charge in [-0.1, -0.05) is 0 Å². The maximum atomic E-state index is 11.6. The Morgan fingerprint density at radius 2 is 2.00 bits per heavy atom. The normalized spacial score (nSPS) is 11.8. The third-order valence-electron chi connectivity index (χ3n) is 2.53. The van der Waals surface area contributed by atoms with Crippen LogP contribution in [0.3, 0.4) is 0 Å². The second kappa shape index (κ2) is 6.10. The van der Waals surface area contributed by atoms with E-state index in [9.17, 15) is 4.79 Å². The quantitative estimate of drug-likeness (QED) is 0.774. The number of rotatable bonds is 5. The van der Waals surface area contributed by atoms with Crippen LogP contribution in [0.2, 0.25) is 0 Å². The Kier molecular flexibility index (Phi) is 4.78. The fourth-order valence-electron chi connectivity index (χ4n) is 1.60. The van der Waals surface area contributed by atoms with Crippen LogP contribution in [0.25, 0.3) is 0 Å². The van der Waals surface area contributed by atoms with Gasteiger partial charge in [0, 0.05) is 12.1 Å². The fraction of sp³-hybridized carbons (Fsp3) is 0.417. The van der Waals surface area contributed by atoms with Gasteiger partial charge in [0.15, 0.2) is 0 Å². The van der Waals surface area contributed by atoms with Crippen molar-refractivity contribution in [2.45, 2.75) is 5.92 Å². The first-order chi connectivity index (χ1) is 8.17. The summed E-state index contributed by atoms with van der Waals surface area (Å²) in [7, 11) is 4.43. The van der Waals surface area contributed by atoms with Crippen LogP contribution in [-0.2, 0) is 9.53 Å². The topological polar surface area (TPSA) is 70.8 Å². The maximum absolute atomic E-state index is 11.6. The average Bonchev–Trinajstić information content (AvgIpc) is 2.39. The van der Waals surface area contributed by atoms with Crippen molar-refractivity contribution in [3.05, 3.63) is 23.8 Å². The monoisotopic (exact) mass is 239 g/mol. The molecule has 1 atom stereocenters. The molecule has 2 N–H and O–H groups in total. The van der Waals surface area contributed by atoms with E-state index in [-0.39, 0.29) is 12.5 Å². The first-order valence-corrected chi connectivity index (χ1v) is 5.17. The fourth-order valence-corrected chi connectivity index (χ4v) is 1.60. The minimum atomic E-state index is -0.551. The van der Waals surface area contributed by atoms with Crippen LogP contribution in [0.15, 0.2) is 18.2 Å². The number of methoxy groups -OCH3 is 3. The van der Waals surface area contributed by atoms with E-state index in [2.05, 4.69) is 0 Å². The van der Waals surface area contributed by atoms with Gasteiger partial charge in [-0.3, -0.25) is 4.79 Å². The van der Waals surface area contributed by atoms with Gasteiger partial charge in [-0.25, -0.2) is 0 Å². The first kappa shape index (κ1) is 13.3. The number of nitrogens with two attached hydrogens (primary N) is 1. The molecular formula is C12H17NO4. The first-order valence-electron chi connectivity index (χ1n) is 5.17. The van der Waals surface area contributed by atoms with Gasteiger partial charge in [0.05, 0.1) is 27.2 Å². The summed E-state index contributed by atoms with van der Waals surface area (Å²) in [4.78, 5) is 11.6. The number of hydrogen-bond donors (Lipinski definition) is 1. The van der Waals surface area contributed by atoms with E-state index in [4.69, 9.17) is 19.9 Å². The minimum absolute atomic E-state index is 0.149. The lowest BCUT2D eigenvalue weighted by Gasteiger charge is -2.17. The predicted molar refractivity (Wildman–Crippen MR) is 63.4 cm³/mol. The average molecular weight is 239 g/mol. The van der Waals surface area contributed by atoms with E-state index >= 15 is 0 Å². The van der Waals surface area contributed by atoms with Crippen molar-refractivity contribution in [3.8, 4) is 11.5 Å². The van der Waals surface area contributed by atoms with Crippen LogP contribution >= 0.6 is 0 Å². The Morgan fingerprint density at radius 3 is 2.47 bits per heavy atom. The molecule has 0 spiro atoms. The maximum Gasteiger partial charge on any atom is 0.314 e. The molecule has 1 rings (SSSR count). The van der Waals surface area contributed by atoms with E-state index in [1.165, 1.54) is 14.2 Å². The number of carbonyl (C=O) groups excluding carboxylic acids is 1. The van der Waals surface area contributed by atoms with Crippen molar-refractivity contribution in [2.75, 3.05) is 27.9 Å². The minimum Gasteiger partial charge on any atom is -0.497 e. The zero-order chi connectivity index (χ0) is 12.8. The van der Waals surface area contributed by atoms with Crippen molar-refractivity contribution in [3.63, 3.8) is 0 Å². The number of esters is 1. The molecule has 1 aromatic rings. The molecule has 1 unspecified atom stereocenters. The summed E-state index contributed by atoms with van der Waals surface area (Å²) in [6, 6.07) is 5.22. The summed E-state index contributed by atoms with van der Waals surface area (Å²) < 4.78 is 15.0. The van der Waals surface area contributed by atoms with Crippen LogP contribution in [0.4, 0.5) is 0 Å². The molecule has 0 bridgehead atoms. The van der Waals surface area contributed by atoms with Gasteiger partial charge in [-0.15, -0.1) is 0 Å². The summed E-state index contributed by atoms with van der Waals surface area (Å²) in [5, 5.41) is 0. The van der Waals surface area contributed by atoms with Crippen molar-refractivity contribution < 1.29 is 19.0 Å². The molecule has 0 amide bonds. The molecule has 0 aliphatic heterocycles. The number of ether oxygens (including phenoxy) is 3. The highest BCUT2D eigenvalue weighted by Crippen LogP contribution is 2.30. The summed E-state index contributed by atoms with van der Waals surface area (Å²) in [6.07, 6.45) is 0. The molecule has 5 heteroatoms. The van der Waals surface area contributed by atoms with E-state index in [1.54, 1.807) is 25.3 Å². The molecule has 0 aromatic heterocycles. The highest BCUT2D eigenvalue weighted by molar-refractivity contribution is 5.79. The van der Waals surface area contributed by atoms with Crippen molar-refractivity contribution >= 4 is 5.97 Å². The highest BCUT2D eigenvalue weighted by Gasteiger charge is 2.23. The second-order valence-corrected chi connectivity index (χ2v) is 3.42. The zero-order valence-corrected chi connectivity index (χ0v) is 10.2. The van der Waals surface area contributed by atoms with Gasteiger partial charge in [0.25, 0.3) is 0 Å². The van der Waals surface area contributed by atoms with Crippen LogP contribution in [0.1, 0.15) is 11.5 Å². The van der Waals surface area contributed by atoms with Gasteiger partial charge >= 0.3 is 5.97 Å². The lowest BCUT2D eigenvalue weighted by atomic mass is 9.98. The van der Waals surface area contributed by atoms with Crippen molar-refractivity contribution in [2.24, 2.45) is 5.73 Å². The second-order valence-electron chi connectivity index (χ2n) is 3.42. The Bertz CT molecular complexity index is 392. The Labute approximate surface area is 100 Å². The van der Waals surface area contributed by atoms with E-state index in [1.807, 2.05) is 0 Å². The number of hydrogen-bond acceptors (Lipinski definition) is 5. The Hall–Kier alpha value is -1.75. The summed E-state index contributed by atoms with van der Waals surface area (Å²) >= 11 is 0. The zero-order valence-electron chi connectivity index (χ0n) is 10.2. The van der Waals surface area contributed by atoms with E-state index in [0.717, 1.165) is 0 Å². The summed E-state index contributed by atoms with van der Waals surface area (Å²) in [5.74, 6) is 0.291. The Balaban J connectivity index is 3.19. The van der Waals surface area contributed by atoms with Gasteiger partial charge in [-0.05, 0) is 18.2 Å². The molecule has 0 saturated heterocycles. The number of benzene rings is 1. The van der Waals surface area contributed by atoms with Crippen LogP contribution in [-0.4, -0.2) is 33.8 Å². The van der Waals surface area contributed by atoms with E-state index < -0.39 is 5.92 Å². The standard InChI is InChI=1S/C12H17NO4/c1-15-8-4-5-11(16-2)9(6-8)10(7-13)12(14)17-3/h4-6,10H,7,13H2,1-3H3. The Morgan fingerprint density at radius 1 is 1.29 bits per heavy atom. The van der Waals surface area contributed by atoms with Crippen LogP contribution in [0, 0.1) is 0 Å². The molecular weight excluding hydrogens is 222 g/mol. The lowest BCUT2D eigenvalue weighted by Crippen LogP contribution is -2.23. The lowest BCUT2D eigenvalue weighted by molar-refractivity contribution is -0.142. The number of carbonyl (C=O) groups is 1. The predicted octanol–water partition coefficient (Wildman–Crippen LogP) is 0.919. The third kappa shape index (κ3) is 2.88. The molecule has 0 heterocycles. The van der Waals surface area contributed by atoms with Gasteiger partial charge in [-0.2, -0.15) is 0 Å². The van der Waals surface area contributed by atoms with Gasteiger partial charge in [0.1, 0.15) is 11.5 Å². The van der Waals surface area contributed by atoms with E-state index in [0.29, 0.717) is 17.1 Å². The molecule has 1 aromatic carbocycles. The molecule has 0 aliphatic carbocycles. The molecule has 94 valence electrons. The largest absolute Gasteiger partial charge is 0.497 e. The van der Waals surface area contributed by atoms with Gasteiger partial charge < -0.3 is 19.9 Å². The molecule has 0 fully saturated rings. The molecule has 17 heavy (non-hydrogen) atoms. The van der Waals surface area contributed by atoms with Crippen molar-refractivity contribution in [1.29, 1.82) is 0 Å². The van der Waals surface area contributed by atoms with Crippen molar-refractivity contribution in [1.82, 2.24) is 0 Å². The van der Waals surface area contributed by atoms with Gasteiger partial charge in [0.2, 0.25) is 0 Å². The SMILES string of the molecule is COC(=O)C(CN)c1cc(OC)ccc1OC.